The van der Waals surface area contributed by atoms with Gasteiger partial charge in [0, 0.05) is 19.4 Å². The summed E-state index contributed by atoms with van der Waals surface area (Å²) < 4.78 is 22.6. The lowest BCUT2D eigenvalue weighted by atomic mass is 9.94. The summed E-state index contributed by atoms with van der Waals surface area (Å²) in [7, 11) is 3.23. The van der Waals surface area contributed by atoms with Crippen LogP contribution in [0.5, 0.6) is 11.5 Å². The third kappa shape index (κ3) is 4.59. The van der Waals surface area contributed by atoms with Crippen molar-refractivity contribution in [2.45, 2.75) is 50.5 Å². The van der Waals surface area contributed by atoms with Crippen LogP contribution in [0.4, 0.5) is 0 Å². The molecule has 7 heteroatoms. The summed E-state index contributed by atoms with van der Waals surface area (Å²) in [6.07, 6.45) is 5.62. The third-order valence-electron chi connectivity index (χ3n) is 4.92. The first-order chi connectivity index (χ1) is 12.6. The van der Waals surface area contributed by atoms with Crippen molar-refractivity contribution >= 4 is 5.96 Å². The highest BCUT2D eigenvalue weighted by Crippen LogP contribution is 2.37. The van der Waals surface area contributed by atoms with Gasteiger partial charge in [0.15, 0.2) is 23.2 Å². The molecule has 0 amide bonds. The van der Waals surface area contributed by atoms with Crippen molar-refractivity contribution in [1.29, 1.82) is 0 Å². The predicted molar refractivity (Wildman–Crippen MR) is 99.5 cm³/mol. The maximum absolute atomic E-state index is 6.13. The van der Waals surface area contributed by atoms with Crippen LogP contribution in [0.3, 0.4) is 0 Å². The van der Waals surface area contributed by atoms with Gasteiger partial charge in [0.05, 0.1) is 27.4 Å². The Balaban J connectivity index is 1.47. The van der Waals surface area contributed by atoms with Crippen LogP contribution in [0, 0.1) is 0 Å². The number of nitrogens with zero attached hydrogens (tertiary/aromatic N) is 1. The van der Waals surface area contributed by atoms with Gasteiger partial charge in [0.2, 0.25) is 0 Å². The van der Waals surface area contributed by atoms with Crippen LogP contribution in [0.1, 0.15) is 37.7 Å². The van der Waals surface area contributed by atoms with Crippen molar-refractivity contribution in [2.75, 3.05) is 27.4 Å². The van der Waals surface area contributed by atoms with Gasteiger partial charge in [0.25, 0.3) is 0 Å². The Morgan fingerprint density at radius 1 is 1.23 bits per heavy atom. The molecule has 26 heavy (non-hydrogen) atoms. The van der Waals surface area contributed by atoms with Gasteiger partial charge in [-0.1, -0.05) is 12.5 Å². The topological polar surface area (TPSA) is 87.3 Å². The SMILES string of the molecule is COc1ccc(CN=C(N)NCC2COC3(CCCCC3)O2)cc1OC. The number of aliphatic imine (C=N–C) groups is 1. The molecular weight excluding hydrogens is 334 g/mol. The second kappa shape index (κ2) is 8.60. The smallest absolute Gasteiger partial charge is 0.189 e. The first-order valence-corrected chi connectivity index (χ1v) is 9.20. The van der Waals surface area contributed by atoms with Crippen molar-refractivity contribution in [1.82, 2.24) is 5.32 Å². The number of hydrogen-bond acceptors (Lipinski definition) is 5. The fourth-order valence-corrected chi connectivity index (χ4v) is 3.50. The van der Waals surface area contributed by atoms with Crippen LogP contribution in [0.25, 0.3) is 0 Å². The summed E-state index contributed by atoms with van der Waals surface area (Å²) in [5.41, 5.74) is 6.98. The Bertz CT molecular complexity index is 629. The van der Waals surface area contributed by atoms with E-state index in [-0.39, 0.29) is 11.9 Å². The molecule has 1 aromatic rings. The number of methoxy groups -OCH3 is 2. The van der Waals surface area contributed by atoms with Gasteiger partial charge in [-0.25, -0.2) is 4.99 Å². The number of guanidine groups is 1. The molecule has 7 nitrogen and oxygen atoms in total. The fourth-order valence-electron chi connectivity index (χ4n) is 3.50. The molecule has 1 heterocycles. The normalized spacial score (nSPS) is 22.4. The number of ether oxygens (including phenoxy) is 4. The second-order valence-electron chi connectivity index (χ2n) is 6.79. The molecule has 0 bridgehead atoms. The number of nitrogens with two attached hydrogens (primary N) is 1. The second-order valence-corrected chi connectivity index (χ2v) is 6.79. The summed E-state index contributed by atoms with van der Waals surface area (Å²) in [5.74, 6) is 1.42. The molecule has 0 radical (unpaired) electrons. The monoisotopic (exact) mass is 363 g/mol. The zero-order valence-electron chi connectivity index (χ0n) is 15.6. The Morgan fingerprint density at radius 3 is 2.73 bits per heavy atom. The maximum atomic E-state index is 6.13. The molecule has 2 aliphatic rings. The lowest BCUT2D eigenvalue weighted by Crippen LogP contribution is -2.40. The van der Waals surface area contributed by atoms with Gasteiger partial charge in [-0.15, -0.1) is 0 Å². The zero-order valence-corrected chi connectivity index (χ0v) is 15.6. The molecule has 1 unspecified atom stereocenters. The standard InChI is InChI=1S/C19H29N3O4/c1-23-16-7-6-14(10-17(16)24-2)11-21-18(20)22-12-15-13-25-19(26-15)8-4-3-5-9-19/h6-7,10,15H,3-5,8-9,11-13H2,1-2H3,(H3,20,21,22). The fraction of sp³-hybridized carbons (Fsp3) is 0.632. The Labute approximate surface area is 154 Å². The van der Waals surface area contributed by atoms with Crippen molar-refractivity contribution < 1.29 is 18.9 Å². The largest absolute Gasteiger partial charge is 0.493 e. The highest BCUT2D eigenvalue weighted by molar-refractivity contribution is 5.77. The van der Waals surface area contributed by atoms with Gasteiger partial charge in [-0.2, -0.15) is 0 Å². The van der Waals surface area contributed by atoms with E-state index in [9.17, 15) is 0 Å². The average Bonchev–Trinajstić information content (AvgIpc) is 3.07. The Morgan fingerprint density at radius 2 is 2.00 bits per heavy atom. The average molecular weight is 363 g/mol. The zero-order chi connectivity index (χ0) is 18.4. The van der Waals surface area contributed by atoms with Gasteiger partial charge in [-0.05, 0) is 30.5 Å². The van der Waals surface area contributed by atoms with Crippen molar-refractivity contribution in [3.05, 3.63) is 23.8 Å². The molecule has 3 N–H and O–H groups in total. The molecule has 1 saturated heterocycles. The van der Waals surface area contributed by atoms with Crippen LogP contribution >= 0.6 is 0 Å². The van der Waals surface area contributed by atoms with E-state index in [0.717, 1.165) is 18.4 Å². The lowest BCUT2D eigenvalue weighted by Gasteiger charge is -2.31. The molecule has 0 aromatic heterocycles. The minimum atomic E-state index is -0.351. The maximum Gasteiger partial charge on any atom is 0.189 e. The molecule has 1 aromatic carbocycles. The molecule has 1 spiro atoms. The van der Waals surface area contributed by atoms with Crippen LogP contribution in [0.15, 0.2) is 23.2 Å². The third-order valence-corrected chi connectivity index (χ3v) is 4.92. The highest BCUT2D eigenvalue weighted by atomic mass is 16.7. The first-order valence-electron chi connectivity index (χ1n) is 9.20. The van der Waals surface area contributed by atoms with E-state index in [0.29, 0.717) is 37.2 Å². The van der Waals surface area contributed by atoms with Crippen molar-refractivity contribution in [3.8, 4) is 11.5 Å². The van der Waals surface area contributed by atoms with Crippen LogP contribution in [-0.4, -0.2) is 45.2 Å². The van der Waals surface area contributed by atoms with Gasteiger partial charge < -0.3 is 30.0 Å². The van der Waals surface area contributed by atoms with E-state index in [4.69, 9.17) is 24.7 Å². The van der Waals surface area contributed by atoms with E-state index in [2.05, 4.69) is 10.3 Å². The first kappa shape index (κ1) is 18.8. The van der Waals surface area contributed by atoms with E-state index in [1.807, 2.05) is 18.2 Å². The van der Waals surface area contributed by atoms with E-state index in [1.54, 1.807) is 14.2 Å². The number of rotatable bonds is 6. The predicted octanol–water partition coefficient (Wildman–Crippen LogP) is 2.18. The highest BCUT2D eigenvalue weighted by Gasteiger charge is 2.41. The molecule has 144 valence electrons. The quantitative estimate of drug-likeness (QED) is 0.595. The summed E-state index contributed by atoms with van der Waals surface area (Å²) in [6, 6.07) is 5.70. The van der Waals surface area contributed by atoms with Crippen LogP contribution in [-0.2, 0) is 16.0 Å². The molecule has 3 rings (SSSR count). The van der Waals surface area contributed by atoms with Crippen LogP contribution < -0.4 is 20.5 Å². The summed E-state index contributed by atoms with van der Waals surface area (Å²) in [6.45, 7) is 1.67. The molecule has 1 atom stereocenters. The van der Waals surface area contributed by atoms with Crippen molar-refractivity contribution in [2.24, 2.45) is 10.7 Å². The summed E-state index contributed by atoms with van der Waals surface area (Å²) in [5, 5.41) is 3.13. The van der Waals surface area contributed by atoms with Crippen molar-refractivity contribution in [3.63, 3.8) is 0 Å². The molecular formula is C19H29N3O4. The number of benzene rings is 1. The number of nitrogens with one attached hydrogen (secondary N) is 1. The number of hydrogen-bond donors (Lipinski definition) is 2. The minimum Gasteiger partial charge on any atom is -0.493 e. The van der Waals surface area contributed by atoms with E-state index >= 15 is 0 Å². The van der Waals surface area contributed by atoms with E-state index < -0.39 is 0 Å². The summed E-state index contributed by atoms with van der Waals surface area (Å²) >= 11 is 0. The van der Waals surface area contributed by atoms with E-state index in [1.165, 1.54) is 19.3 Å². The minimum absolute atomic E-state index is 0.0166. The van der Waals surface area contributed by atoms with Gasteiger partial charge in [-0.3, -0.25) is 0 Å². The molecule has 2 fully saturated rings. The summed E-state index contributed by atoms with van der Waals surface area (Å²) in [4.78, 5) is 4.38. The molecule has 1 aliphatic carbocycles. The Kier molecular flexibility index (Phi) is 6.21. The Hall–Kier alpha value is -1.99. The van der Waals surface area contributed by atoms with Gasteiger partial charge >= 0.3 is 0 Å². The lowest BCUT2D eigenvalue weighted by molar-refractivity contribution is -0.186. The van der Waals surface area contributed by atoms with Crippen LogP contribution in [0.2, 0.25) is 0 Å². The van der Waals surface area contributed by atoms with Gasteiger partial charge in [0.1, 0.15) is 6.10 Å². The molecule has 1 saturated carbocycles. The molecule has 1 aliphatic heterocycles.